The number of halogens is 1. The average molecular weight is 314 g/mol. The number of anilines is 1. The van der Waals surface area contributed by atoms with Gasteiger partial charge in [0.05, 0.1) is 12.2 Å². The first-order chi connectivity index (χ1) is 8.58. The molecule has 0 saturated carbocycles. The topological polar surface area (TPSA) is 32.7 Å². The Morgan fingerprint density at radius 3 is 2.94 bits per heavy atom. The molecule has 1 aliphatic heterocycles. The zero-order valence-corrected chi connectivity index (χ0v) is 12.5. The van der Waals surface area contributed by atoms with E-state index in [1.807, 2.05) is 12.1 Å². The number of ether oxygens (including phenoxy) is 1. The van der Waals surface area contributed by atoms with E-state index in [4.69, 9.17) is 4.74 Å². The summed E-state index contributed by atoms with van der Waals surface area (Å²) in [5.41, 5.74) is 2.02. The number of nitrogens with zero attached hydrogens (tertiary/aromatic N) is 1. The van der Waals surface area contributed by atoms with E-state index in [0.717, 1.165) is 41.7 Å². The van der Waals surface area contributed by atoms with Gasteiger partial charge in [0.2, 0.25) is 0 Å². The van der Waals surface area contributed by atoms with Gasteiger partial charge in [-0.05, 0) is 31.9 Å². The van der Waals surface area contributed by atoms with E-state index in [0.29, 0.717) is 6.10 Å². The first-order valence-corrected chi connectivity index (χ1v) is 7.17. The number of benzene rings is 1. The molecule has 2 atom stereocenters. The number of likely N-dealkylation sites (N-methyl/N-ethyl adjacent to an activating group) is 1. The minimum absolute atomic E-state index is 0.316. The summed E-state index contributed by atoms with van der Waals surface area (Å²) in [5, 5.41) is 9.83. The molecule has 4 heteroatoms. The van der Waals surface area contributed by atoms with E-state index in [2.05, 4.69) is 33.9 Å². The van der Waals surface area contributed by atoms with Gasteiger partial charge in [0.25, 0.3) is 0 Å². The van der Waals surface area contributed by atoms with Gasteiger partial charge in [-0.1, -0.05) is 22.0 Å². The van der Waals surface area contributed by atoms with Crippen LogP contribution < -0.4 is 4.90 Å². The molecule has 100 valence electrons. The summed E-state index contributed by atoms with van der Waals surface area (Å²) in [6.07, 6.45) is 2.14. The molecule has 1 heterocycles. The van der Waals surface area contributed by atoms with Gasteiger partial charge in [0.15, 0.2) is 0 Å². The van der Waals surface area contributed by atoms with Crippen LogP contribution in [0, 0.1) is 0 Å². The van der Waals surface area contributed by atoms with Crippen LogP contribution in [-0.2, 0) is 4.74 Å². The molecule has 1 aromatic rings. The second-order valence-corrected chi connectivity index (χ2v) is 5.81. The lowest BCUT2D eigenvalue weighted by Crippen LogP contribution is -2.29. The Labute approximate surface area is 117 Å². The minimum atomic E-state index is -0.458. The van der Waals surface area contributed by atoms with Gasteiger partial charge in [-0.25, -0.2) is 0 Å². The fraction of sp³-hybridized carbons (Fsp3) is 0.571. The predicted molar refractivity (Wildman–Crippen MR) is 77.0 cm³/mol. The largest absolute Gasteiger partial charge is 0.389 e. The van der Waals surface area contributed by atoms with E-state index in [1.54, 1.807) is 6.92 Å². The summed E-state index contributed by atoms with van der Waals surface area (Å²) in [4.78, 5) is 2.17. The highest BCUT2D eigenvalue weighted by molar-refractivity contribution is 9.10. The first-order valence-electron chi connectivity index (χ1n) is 6.38. The standard InChI is InChI=1S/C14H20BrNO2/c1-10(17)13-6-5-11(15)8-14(13)16(2)9-12-4-3-7-18-12/h5-6,8,10,12,17H,3-4,7,9H2,1-2H3. The summed E-state index contributed by atoms with van der Waals surface area (Å²) in [6.45, 7) is 3.54. The zero-order chi connectivity index (χ0) is 13.1. The van der Waals surface area contributed by atoms with Crippen molar-refractivity contribution in [3.63, 3.8) is 0 Å². The van der Waals surface area contributed by atoms with Crippen LogP contribution in [0.5, 0.6) is 0 Å². The molecule has 0 bridgehead atoms. The van der Waals surface area contributed by atoms with E-state index >= 15 is 0 Å². The fourth-order valence-corrected chi connectivity index (χ4v) is 2.74. The van der Waals surface area contributed by atoms with E-state index < -0.39 is 6.10 Å². The highest BCUT2D eigenvalue weighted by Gasteiger charge is 2.19. The van der Waals surface area contributed by atoms with Crippen molar-refractivity contribution in [2.75, 3.05) is 25.1 Å². The molecule has 2 rings (SSSR count). The molecule has 1 N–H and O–H groups in total. The highest BCUT2D eigenvalue weighted by Crippen LogP contribution is 2.29. The predicted octanol–water partition coefficient (Wildman–Crippen LogP) is 3.12. The van der Waals surface area contributed by atoms with Crippen LogP contribution in [0.4, 0.5) is 5.69 Å². The molecule has 0 aliphatic carbocycles. The Morgan fingerprint density at radius 2 is 2.33 bits per heavy atom. The second-order valence-electron chi connectivity index (χ2n) is 4.89. The normalized spacial score (nSPS) is 21.0. The first kappa shape index (κ1) is 13.8. The van der Waals surface area contributed by atoms with Gasteiger partial charge in [0, 0.05) is 35.9 Å². The van der Waals surface area contributed by atoms with Crippen LogP contribution in [0.15, 0.2) is 22.7 Å². The maximum Gasteiger partial charge on any atom is 0.0782 e. The van der Waals surface area contributed by atoms with Crippen molar-refractivity contribution in [2.24, 2.45) is 0 Å². The number of aliphatic hydroxyl groups excluding tert-OH is 1. The van der Waals surface area contributed by atoms with Crippen molar-refractivity contribution < 1.29 is 9.84 Å². The van der Waals surface area contributed by atoms with Crippen molar-refractivity contribution in [3.05, 3.63) is 28.2 Å². The van der Waals surface area contributed by atoms with Crippen LogP contribution in [-0.4, -0.2) is 31.4 Å². The zero-order valence-electron chi connectivity index (χ0n) is 10.9. The van der Waals surface area contributed by atoms with Crippen LogP contribution in [0.3, 0.4) is 0 Å². The van der Waals surface area contributed by atoms with Crippen molar-refractivity contribution in [1.82, 2.24) is 0 Å². The molecular formula is C14H20BrNO2. The quantitative estimate of drug-likeness (QED) is 0.927. The number of hydrogen-bond acceptors (Lipinski definition) is 3. The summed E-state index contributed by atoms with van der Waals surface area (Å²) >= 11 is 3.49. The van der Waals surface area contributed by atoms with Crippen LogP contribution in [0.2, 0.25) is 0 Å². The Bertz CT molecular complexity index is 403. The lowest BCUT2D eigenvalue weighted by molar-refractivity contribution is 0.116. The molecule has 1 aliphatic rings. The van der Waals surface area contributed by atoms with Gasteiger partial charge in [-0.2, -0.15) is 0 Å². The lowest BCUT2D eigenvalue weighted by atomic mass is 10.1. The molecule has 18 heavy (non-hydrogen) atoms. The molecule has 0 amide bonds. The fourth-order valence-electron chi connectivity index (χ4n) is 2.39. The molecule has 0 radical (unpaired) electrons. The van der Waals surface area contributed by atoms with Gasteiger partial charge in [0.1, 0.15) is 0 Å². The Morgan fingerprint density at radius 1 is 1.56 bits per heavy atom. The van der Waals surface area contributed by atoms with Gasteiger partial charge < -0.3 is 14.7 Å². The highest BCUT2D eigenvalue weighted by atomic mass is 79.9. The smallest absolute Gasteiger partial charge is 0.0782 e. The molecule has 3 nitrogen and oxygen atoms in total. The molecular weight excluding hydrogens is 294 g/mol. The number of rotatable bonds is 4. The molecule has 2 unspecified atom stereocenters. The Hall–Kier alpha value is -0.580. The van der Waals surface area contributed by atoms with Gasteiger partial charge in [-0.15, -0.1) is 0 Å². The number of hydrogen-bond donors (Lipinski definition) is 1. The maximum absolute atomic E-state index is 9.83. The second kappa shape index (κ2) is 6.04. The van der Waals surface area contributed by atoms with Crippen LogP contribution >= 0.6 is 15.9 Å². The van der Waals surface area contributed by atoms with Crippen molar-refractivity contribution >= 4 is 21.6 Å². The third kappa shape index (κ3) is 3.25. The number of aliphatic hydroxyl groups is 1. The molecule has 0 spiro atoms. The van der Waals surface area contributed by atoms with Gasteiger partial charge >= 0.3 is 0 Å². The third-order valence-electron chi connectivity index (χ3n) is 3.36. The van der Waals surface area contributed by atoms with Crippen molar-refractivity contribution in [1.29, 1.82) is 0 Å². The maximum atomic E-state index is 9.83. The lowest BCUT2D eigenvalue weighted by Gasteiger charge is -2.26. The Kier molecular flexibility index (Phi) is 4.65. The summed E-state index contributed by atoms with van der Waals surface area (Å²) in [5.74, 6) is 0. The summed E-state index contributed by atoms with van der Waals surface area (Å²) in [6, 6.07) is 5.98. The third-order valence-corrected chi connectivity index (χ3v) is 3.85. The molecule has 1 saturated heterocycles. The monoisotopic (exact) mass is 313 g/mol. The van der Waals surface area contributed by atoms with Crippen molar-refractivity contribution in [3.8, 4) is 0 Å². The van der Waals surface area contributed by atoms with E-state index in [-0.39, 0.29) is 0 Å². The summed E-state index contributed by atoms with van der Waals surface area (Å²) < 4.78 is 6.69. The SMILES string of the molecule is CC(O)c1ccc(Br)cc1N(C)CC1CCCO1. The van der Waals surface area contributed by atoms with Crippen LogP contribution in [0.1, 0.15) is 31.4 Å². The van der Waals surface area contributed by atoms with Crippen LogP contribution in [0.25, 0.3) is 0 Å². The molecule has 1 fully saturated rings. The van der Waals surface area contributed by atoms with Gasteiger partial charge in [-0.3, -0.25) is 0 Å². The molecule has 1 aromatic carbocycles. The average Bonchev–Trinajstić information content (AvgIpc) is 2.81. The molecule has 0 aromatic heterocycles. The van der Waals surface area contributed by atoms with E-state index in [9.17, 15) is 5.11 Å². The van der Waals surface area contributed by atoms with Crippen molar-refractivity contribution in [2.45, 2.75) is 32.0 Å². The summed E-state index contributed by atoms with van der Waals surface area (Å²) in [7, 11) is 2.05. The Balaban J connectivity index is 2.16. The minimum Gasteiger partial charge on any atom is -0.389 e. The van der Waals surface area contributed by atoms with E-state index in [1.165, 1.54) is 0 Å².